The van der Waals surface area contributed by atoms with Crippen LogP contribution in [0.4, 0.5) is 11.4 Å². The van der Waals surface area contributed by atoms with Crippen LogP contribution >= 0.6 is 0 Å². The lowest BCUT2D eigenvalue weighted by molar-refractivity contribution is -0.119. The van der Waals surface area contributed by atoms with Gasteiger partial charge in [-0.3, -0.25) is 13.9 Å². The van der Waals surface area contributed by atoms with Crippen LogP contribution < -0.4 is 15.0 Å². The number of rotatable bonds is 8. The van der Waals surface area contributed by atoms with Gasteiger partial charge >= 0.3 is 0 Å². The number of anilines is 2. The van der Waals surface area contributed by atoms with E-state index in [-0.39, 0.29) is 12.5 Å². The van der Waals surface area contributed by atoms with Gasteiger partial charge in [-0.15, -0.1) is 0 Å². The second-order valence-electron chi connectivity index (χ2n) is 6.78. The lowest BCUT2D eigenvalue weighted by Crippen LogP contribution is -2.39. The van der Waals surface area contributed by atoms with Crippen molar-refractivity contribution in [3.05, 3.63) is 59.7 Å². The number of hydrogen-bond donors (Lipinski definition) is 2. The van der Waals surface area contributed by atoms with Gasteiger partial charge in [-0.05, 0) is 48.7 Å². The predicted octanol–water partition coefficient (Wildman–Crippen LogP) is 2.51. The molecule has 30 heavy (non-hydrogen) atoms. The largest absolute Gasteiger partial charge is 0.326 e. The molecule has 0 spiro atoms. The van der Waals surface area contributed by atoms with Gasteiger partial charge in [-0.25, -0.2) is 13.8 Å². The van der Waals surface area contributed by atoms with Gasteiger partial charge in [0.05, 0.1) is 17.7 Å². The SMILES string of the molecule is CCc1ccc(N(CC(=O)N/N=C(/C)c2ccc(NC(C)=O)cc2)S(C)(=O)=O)cc1. The van der Waals surface area contributed by atoms with E-state index in [1.165, 1.54) is 6.92 Å². The van der Waals surface area contributed by atoms with Crippen molar-refractivity contribution >= 4 is 38.9 Å². The summed E-state index contributed by atoms with van der Waals surface area (Å²) < 4.78 is 25.4. The van der Waals surface area contributed by atoms with Gasteiger partial charge in [0.25, 0.3) is 5.91 Å². The Labute approximate surface area is 177 Å². The Hall–Kier alpha value is -3.20. The van der Waals surface area contributed by atoms with E-state index in [4.69, 9.17) is 0 Å². The number of amides is 2. The van der Waals surface area contributed by atoms with Crippen LogP contribution in [0.25, 0.3) is 0 Å². The van der Waals surface area contributed by atoms with Crippen molar-refractivity contribution in [3.63, 3.8) is 0 Å². The molecule has 160 valence electrons. The summed E-state index contributed by atoms with van der Waals surface area (Å²) in [4.78, 5) is 23.4. The molecule has 0 fully saturated rings. The summed E-state index contributed by atoms with van der Waals surface area (Å²) >= 11 is 0. The number of aryl methyl sites for hydroxylation is 1. The Morgan fingerprint density at radius 2 is 1.60 bits per heavy atom. The van der Waals surface area contributed by atoms with Gasteiger partial charge in [-0.1, -0.05) is 31.2 Å². The van der Waals surface area contributed by atoms with Crippen LogP contribution in [0.1, 0.15) is 31.9 Å². The topological polar surface area (TPSA) is 108 Å². The Morgan fingerprint density at radius 3 is 2.10 bits per heavy atom. The second-order valence-corrected chi connectivity index (χ2v) is 8.69. The molecule has 2 aromatic carbocycles. The average Bonchev–Trinajstić information content (AvgIpc) is 2.69. The van der Waals surface area contributed by atoms with E-state index in [2.05, 4.69) is 15.8 Å². The van der Waals surface area contributed by atoms with Crippen LogP contribution in [0.3, 0.4) is 0 Å². The third-order valence-corrected chi connectivity index (χ3v) is 5.43. The van der Waals surface area contributed by atoms with Gasteiger partial charge < -0.3 is 5.32 Å². The quantitative estimate of drug-likeness (QED) is 0.495. The van der Waals surface area contributed by atoms with E-state index >= 15 is 0 Å². The summed E-state index contributed by atoms with van der Waals surface area (Å²) in [7, 11) is -3.65. The zero-order chi connectivity index (χ0) is 22.3. The molecule has 9 heteroatoms. The van der Waals surface area contributed by atoms with E-state index in [0.717, 1.165) is 28.1 Å². The number of nitrogens with zero attached hydrogens (tertiary/aromatic N) is 2. The molecule has 2 rings (SSSR count). The first-order chi connectivity index (χ1) is 14.1. The van der Waals surface area contributed by atoms with E-state index in [9.17, 15) is 18.0 Å². The molecule has 2 amide bonds. The molecule has 0 unspecified atom stereocenters. The smallest absolute Gasteiger partial charge is 0.260 e. The lowest BCUT2D eigenvalue weighted by Gasteiger charge is -2.21. The van der Waals surface area contributed by atoms with Crippen molar-refractivity contribution in [3.8, 4) is 0 Å². The van der Waals surface area contributed by atoms with E-state index in [0.29, 0.717) is 17.1 Å². The number of hydrogen-bond acceptors (Lipinski definition) is 5. The maximum absolute atomic E-state index is 12.3. The number of benzene rings is 2. The van der Waals surface area contributed by atoms with Gasteiger partial charge in [0, 0.05) is 12.6 Å². The second kappa shape index (κ2) is 10.0. The molecule has 2 aromatic rings. The summed E-state index contributed by atoms with van der Waals surface area (Å²) in [6, 6.07) is 14.0. The third kappa shape index (κ3) is 6.70. The van der Waals surface area contributed by atoms with E-state index in [1.54, 1.807) is 43.3 Å². The first-order valence-electron chi connectivity index (χ1n) is 9.38. The fourth-order valence-corrected chi connectivity index (χ4v) is 3.53. The van der Waals surface area contributed by atoms with Crippen molar-refractivity contribution in [2.24, 2.45) is 5.10 Å². The van der Waals surface area contributed by atoms with Gasteiger partial charge in [0.1, 0.15) is 6.54 Å². The molecule has 0 radical (unpaired) electrons. The fraction of sp³-hybridized carbons (Fsp3) is 0.286. The number of carbonyl (C=O) groups is 2. The van der Waals surface area contributed by atoms with E-state index < -0.39 is 15.9 Å². The molecule has 0 bridgehead atoms. The number of nitrogens with one attached hydrogen (secondary N) is 2. The minimum atomic E-state index is -3.65. The Bertz CT molecular complexity index is 1030. The molecule has 8 nitrogen and oxygen atoms in total. The molecule has 0 atom stereocenters. The Morgan fingerprint density at radius 1 is 1.00 bits per heavy atom. The maximum Gasteiger partial charge on any atom is 0.260 e. The monoisotopic (exact) mass is 430 g/mol. The highest BCUT2D eigenvalue weighted by atomic mass is 32.2. The van der Waals surface area contributed by atoms with Crippen LogP contribution in [-0.4, -0.2) is 38.7 Å². The summed E-state index contributed by atoms with van der Waals surface area (Å²) in [6.07, 6.45) is 1.89. The van der Waals surface area contributed by atoms with E-state index in [1.807, 2.05) is 19.1 Å². The maximum atomic E-state index is 12.3. The van der Waals surface area contributed by atoms with Crippen molar-refractivity contribution < 1.29 is 18.0 Å². The normalized spacial score (nSPS) is 11.7. The molecule has 0 aliphatic carbocycles. The highest BCUT2D eigenvalue weighted by Gasteiger charge is 2.20. The summed E-state index contributed by atoms with van der Waals surface area (Å²) in [5.41, 5.74) is 5.82. The molecule has 2 N–H and O–H groups in total. The molecule has 0 aliphatic heterocycles. The first-order valence-corrected chi connectivity index (χ1v) is 11.2. The highest BCUT2D eigenvalue weighted by molar-refractivity contribution is 7.92. The van der Waals surface area contributed by atoms with Gasteiger partial charge in [0.2, 0.25) is 15.9 Å². The first kappa shape index (κ1) is 23.1. The summed E-state index contributed by atoms with van der Waals surface area (Å²) in [5, 5.41) is 6.72. The zero-order valence-electron chi connectivity index (χ0n) is 17.5. The predicted molar refractivity (Wildman–Crippen MR) is 119 cm³/mol. The molecule has 0 aliphatic rings. The average molecular weight is 431 g/mol. The fourth-order valence-electron chi connectivity index (χ4n) is 2.67. The molecule has 0 aromatic heterocycles. The van der Waals surface area contributed by atoms with Crippen LogP contribution in [0.2, 0.25) is 0 Å². The zero-order valence-corrected chi connectivity index (χ0v) is 18.3. The highest BCUT2D eigenvalue weighted by Crippen LogP contribution is 2.18. The number of sulfonamides is 1. The Balaban J connectivity index is 2.08. The molecule has 0 heterocycles. The lowest BCUT2D eigenvalue weighted by atomic mass is 10.1. The van der Waals surface area contributed by atoms with Crippen molar-refractivity contribution in [2.75, 3.05) is 22.4 Å². The Kier molecular flexibility index (Phi) is 7.71. The van der Waals surface area contributed by atoms with Gasteiger partial charge in [0.15, 0.2) is 0 Å². The van der Waals surface area contributed by atoms with Crippen molar-refractivity contribution in [2.45, 2.75) is 27.2 Å². The minimum Gasteiger partial charge on any atom is -0.326 e. The summed E-state index contributed by atoms with van der Waals surface area (Å²) in [6.45, 7) is 4.76. The van der Waals surface area contributed by atoms with Crippen LogP contribution in [0.5, 0.6) is 0 Å². The third-order valence-electron chi connectivity index (χ3n) is 4.29. The molecule has 0 saturated heterocycles. The van der Waals surface area contributed by atoms with Crippen LogP contribution in [-0.2, 0) is 26.0 Å². The minimum absolute atomic E-state index is 0.167. The standard InChI is InChI=1S/C21H26N4O4S/c1-5-17-6-12-20(13-7-17)25(30(4,28)29)14-21(27)24-23-15(2)18-8-10-19(11-9-18)22-16(3)26/h6-13H,5,14H2,1-4H3,(H,22,26)(H,24,27)/b23-15-. The number of carbonyl (C=O) groups excluding carboxylic acids is 2. The molecule has 0 saturated carbocycles. The molecular formula is C21H26N4O4S. The number of hydrazone groups is 1. The van der Waals surface area contributed by atoms with Crippen molar-refractivity contribution in [1.29, 1.82) is 0 Å². The van der Waals surface area contributed by atoms with Crippen LogP contribution in [0.15, 0.2) is 53.6 Å². The van der Waals surface area contributed by atoms with Crippen LogP contribution in [0, 0.1) is 0 Å². The molecular weight excluding hydrogens is 404 g/mol. The summed E-state index contributed by atoms with van der Waals surface area (Å²) in [5.74, 6) is -0.727. The van der Waals surface area contributed by atoms with Gasteiger partial charge in [-0.2, -0.15) is 5.10 Å². The van der Waals surface area contributed by atoms with Crippen molar-refractivity contribution in [1.82, 2.24) is 5.43 Å².